The molecule has 3 atom stereocenters. The number of fused-ring (bicyclic) bond motifs is 3. The minimum atomic E-state index is -0.632. The van der Waals surface area contributed by atoms with E-state index in [1.54, 1.807) is 7.11 Å². The molecule has 3 heterocycles. The Labute approximate surface area is 167 Å². The zero-order chi connectivity index (χ0) is 20.1. The summed E-state index contributed by atoms with van der Waals surface area (Å²) < 4.78 is 39.0. The van der Waals surface area contributed by atoms with E-state index in [9.17, 15) is 8.78 Å². The van der Waals surface area contributed by atoms with E-state index in [-0.39, 0.29) is 11.6 Å². The molecule has 5 nitrogen and oxygen atoms in total. The molecule has 7 heteroatoms. The van der Waals surface area contributed by atoms with E-state index in [1.807, 2.05) is 12.1 Å². The van der Waals surface area contributed by atoms with Crippen molar-refractivity contribution in [2.45, 2.75) is 37.7 Å². The highest BCUT2D eigenvalue weighted by Crippen LogP contribution is 2.37. The Balaban J connectivity index is 1.32. The molecule has 2 aromatic carbocycles. The maximum atomic E-state index is 14.1. The zero-order valence-corrected chi connectivity index (χ0v) is 16.1. The zero-order valence-electron chi connectivity index (χ0n) is 16.1. The fraction of sp³-hybridized carbons (Fsp3) is 0.364. The number of ether oxygens (including phenoxy) is 2. The maximum absolute atomic E-state index is 14.1. The highest BCUT2D eigenvalue weighted by Gasteiger charge is 2.37. The first-order valence-electron chi connectivity index (χ1n) is 9.77. The van der Waals surface area contributed by atoms with Crippen LogP contribution in [0.1, 0.15) is 29.3 Å². The maximum Gasteiger partial charge on any atom is 0.129 e. The van der Waals surface area contributed by atoms with Crippen LogP contribution in [0.5, 0.6) is 5.75 Å². The molecule has 5 rings (SSSR count). The highest BCUT2D eigenvalue weighted by molar-refractivity contribution is 5.86. The van der Waals surface area contributed by atoms with E-state index in [2.05, 4.69) is 16.0 Å². The monoisotopic (exact) mass is 399 g/mol. The lowest BCUT2D eigenvalue weighted by Gasteiger charge is -2.38. The largest absolute Gasteiger partial charge is 0.497 e. The molecule has 2 aliphatic rings. The van der Waals surface area contributed by atoms with Gasteiger partial charge in [0.15, 0.2) is 0 Å². The third-order valence-electron chi connectivity index (χ3n) is 6.11. The van der Waals surface area contributed by atoms with Gasteiger partial charge < -0.3 is 20.2 Å². The van der Waals surface area contributed by atoms with Gasteiger partial charge in [-0.05, 0) is 48.4 Å². The van der Waals surface area contributed by atoms with Crippen LogP contribution in [0.2, 0.25) is 0 Å². The van der Waals surface area contributed by atoms with Gasteiger partial charge in [-0.3, -0.25) is 4.90 Å². The lowest BCUT2D eigenvalue weighted by atomic mass is 9.93. The summed E-state index contributed by atoms with van der Waals surface area (Å²) in [4.78, 5) is 5.83. The molecule has 0 unspecified atom stereocenters. The van der Waals surface area contributed by atoms with Crippen molar-refractivity contribution < 1.29 is 18.3 Å². The number of H-pyrrole nitrogens is 1. The van der Waals surface area contributed by atoms with Gasteiger partial charge >= 0.3 is 0 Å². The van der Waals surface area contributed by atoms with Gasteiger partial charge in [-0.1, -0.05) is 0 Å². The lowest BCUT2D eigenvalue weighted by Crippen LogP contribution is -2.47. The Hall–Kier alpha value is -2.48. The van der Waals surface area contributed by atoms with E-state index >= 15 is 0 Å². The van der Waals surface area contributed by atoms with Crippen LogP contribution in [0.4, 0.5) is 8.78 Å². The third kappa shape index (κ3) is 3.19. The molecule has 0 amide bonds. The van der Waals surface area contributed by atoms with Crippen LogP contribution in [0.15, 0.2) is 36.4 Å². The molecule has 3 N–H and O–H groups in total. The van der Waals surface area contributed by atoms with Crippen LogP contribution in [0, 0.1) is 11.6 Å². The predicted octanol–water partition coefficient (Wildman–Crippen LogP) is 3.63. The first-order valence-corrected chi connectivity index (χ1v) is 9.77. The lowest BCUT2D eigenvalue weighted by molar-refractivity contribution is -0.0532. The predicted molar refractivity (Wildman–Crippen MR) is 106 cm³/mol. The number of halogens is 2. The van der Waals surface area contributed by atoms with Crippen LogP contribution < -0.4 is 10.5 Å². The highest BCUT2D eigenvalue weighted by atomic mass is 19.1. The number of benzene rings is 2. The van der Waals surface area contributed by atoms with Gasteiger partial charge in [0.1, 0.15) is 23.5 Å². The summed E-state index contributed by atoms with van der Waals surface area (Å²) in [5.41, 5.74) is 10.1. The molecule has 2 aliphatic heterocycles. The number of nitrogens with one attached hydrogen (secondary N) is 1. The topological polar surface area (TPSA) is 63.5 Å². The number of nitrogens with zero attached hydrogens (tertiary/aromatic N) is 1. The molecule has 0 spiro atoms. The molecule has 1 aromatic heterocycles. The number of nitrogens with two attached hydrogens (primary N) is 1. The van der Waals surface area contributed by atoms with Crippen LogP contribution in [-0.4, -0.2) is 35.7 Å². The van der Waals surface area contributed by atoms with Gasteiger partial charge in [-0.25, -0.2) is 8.78 Å². The minimum Gasteiger partial charge on any atom is -0.497 e. The summed E-state index contributed by atoms with van der Waals surface area (Å²) in [6, 6.07) is 9.17. The Kier molecular flexibility index (Phi) is 4.53. The summed E-state index contributed by atoms with van der Waals surface area (Å²) in [6.45, 7) is 2.01. The Morgan fingerprint density at radius 3 is 2.83 bits per heavy atom. The third-order valence-corrected chi connectivity index (χ3v) is 6.11. The van der Waals surface area contributed by atoms with E-state index in [0.717, 1.165) is 36.5 Å². The van der Waals surface area contributed by atoms with E-state index in [0.29, 0.717) is 13.0 Å². The van der Waals surface area contributed by atoms with E-state index in [1.165, 1.54) is 22.7 Å². The fourth-order valence-corrected chi connectivity index (χ4v) is 4.60. The van der Waals surface area contributed by atoms with Crippen molar-refractivity contribution in [2.24, 2.45) is 5.73 Å². The second-order valence-corrected chi connectivity index (χ2v) is 7.87. The normalized spacial score (nSPS) is 24.8. The van der Waals surface area contributed by atoms with E-state index in [4.69, 9.17) is 15.2 Å². The molecular weight excluding hydrogens is 376 g/mol. The summed E-state index contributed by atoms with van der Waals surface area (Å²) in [7, 11) is 1.67. The number of rotatable bonds is 3. The molecule has 0 radical (unpaired) electrons. The smallest absolute Gasteiger partial charge is 0.129 e. The molecule has 1 fully saturated rings. The summed E-state index contributed by atoms with van der Waals surface area (Å²) in [6.07, 6.45) is 0.0269. The van der Waals surface area contributed by atoms with Gasteiger partial charge in [-0.2, -0.15) is 0 Å². The molecule has 29 heavy (non-hydrogen) atoms. The second-order valence-electron chi connectivity index (χ2n) is 7.87. The Bertz CT molecular complexity index is 1070. The van der Waals surface area contributed by atoms with E-state index < -0.39 is 23.8 Å². The van der Waals surface area contributed by atoms with Crippen molar-refractivity contribution in [3.05, 3.63) is 64.9 Å². The molecule has 0 saturated carbocycles. The second kappa shape index (κ2) is 7.09. The molecule has 1 saturated heterocycles. The van der Waals surface area contributed by atoms with Gasteiger partial charge in [0, 0.05) is 47.3 Å². The quantitative estimate of drug-likeness (QED) is 0.706. The van der Waals surface area contributed by atoms with Gasteiger partial charge in [0.2, 0.25) is 0 Å². The average Bonchev–Trinajstić information content (AvgIpc) is 3.27. The van der Waals surface area contributed by atoms with Crippen molar-refractivity contribution in [3.63, 3.8) is 0 Å². The van der Waals surface area contributed by atoms with Gasteiger partial charge in [-0.15, -0.1) is 0 Å². The Morgan fingerprint density at radius 1 is 1.17 bits per heavy atom. The first kappa shape index (κ1) is 18.5. The summed E-state index contributed by atoms with van der Waals surface area (Å²) >= 11 is 0. The van der Waals surface area contributed by atoms with Crippen LogP contribution in [0.3, 0.4) is 0 Å². The molecule has 0 bridgehead atoms. The first-order chi connectivity index (χ1) is 14.0. The van der Waals surface area contributed by atoms with Crippen LogP contribution in [-0.2, 0) is 17.8 Å². The van der Waals surface area contributed by atoms with Gasteiger partial charge in [0.25, 0.3) is 0 Å². The fourth-order valence-electron chi connectivity index (χ4n) is 4.60. The molecule has 0 aliphatic carbocycles. The van der Waals surface area contributed by atoms with Crippen molar-refractivity contribution in [1.29, 1.82) is 0 Å². The van der Waals surface area contributed by atoms with Crippen LogP contribution in [0.25, 0.3) is 10.9 Å². The van der Waals surface area contributed by atoms with Gasteiger partial charge in [0.05, 0.1) is 13.7 Å². The van der Waals surface area contributed by atoms with Crippen LogP contribution >= 0.6 is 0 Å². The number of hydrogen-bond donors (Lipinski definition) is 2. The standard InChI is InChI=1S/C22H23F2N3O2/c1-28-14-3-5-20-15(8-14)17-9-27(10-21(17)26-20)13-7-19(25)22(29-11-13)16-6-12(23)2-4-18(16)24/h2-6,8,13,19,22,26H,7,9-11,25H2,1H3/t13-,19+,22-/m1/s1. The number of hydrogen-bond acceptors (Lipinski definition) is 4. The molecule has 152 valence electrons. The van der Waals surface area contributed by atoms with Crippen molar-refractivity contribution in [1.82, 2.24) is 9.88 Å². The molecular formula is C22H23F2N3O2. The van der Waals surface area contributed by atoms with Crippen molar-refractivity contribution >= 4 is 10.9 Å². The average molecular weight is 399 g/mol. The number of aromatic nitrogens is 1. The Morgan fingerprint density at radius 2 is 2.03 bits per heavy atom. The molecule has 3 aromatic rings. The number of methoxy groups -OCH3 is 1. The summed E-state index contributed by atoms with van der Waals surface area (Å²) in [5, 5.41) is 1.17. The van der Waals surface area contributed by atoms with Crippen molar-refractivity contribution in [2.75, 3.05) is 13.7 Å². The number of aromatic amines is 1. The summed E-state index contributed by atoms with van der Waals surface area (Å²) in [5.74, 6) is -0.137. The van der Waals surface area contributed by atoms with Crippen molar-refractivity contribution in [3.8, 4) is 5.75 Å². The minimum absolute atomic E-state index is 0.124. The SMILES string of the molecule is COc1ccc2[nH]c3c(c2c1)CN([C@H]1CO[C@H](c2cc(F)ccc2F)[C@@H](N)C1)C3.